The van der Waals surface area contributed by atoms with E-state index in [1.165, 1.54) is 6.33 Å². The van der Waals surface area contributed by atoms with Gasteiger partial charge in [-0.05, 0) is 37.1 Å². The highest BCUT2D eigenvalue weighted by Crippen LogP contribution is 2.24. The summed E-state index contributed by atoms with van der Waals surface area (Å²) in [7, 11) is 0. The summed E-state index contributed by atoms with van der Waals surface area (Å²) in [4.78, 5) is 17.0. The van der Waals surface area contributed by atoms with E-state index >= 15 is 0 Å². The largest absolute Gasteiger partial charge is 0.322 e. The van der Waals surface area contributed by atoms with Crippen LogP contribution in [-0.4, -0.2) is 36.1 Å². The number of carbonyl (C=O) groups excluding carboxylic acids is 1. The number of amides is 1. The second-order valence-electron chi connectivity index (χ2n) is 6.73. The van der Waals surface area contributed by atoms with Crippen LogP contribution in [0.4, 0.5) is 5.69 Å². The summed E-state index contributed by atoms with van der Waals surface area (Å²) < 4.78 is 1.76. The van der Waals surface area contributed by atoms with Gasteiger partial charge in [-0.1, -0.05) is 42.5 Å². The molecule has 0 saturated heterocycles. The van der Waals surface area contributed by atoms with Crippen molar-refractivity contribution in [3.05, 3.63) is 78.0 Å². The Kier molecular flexibility index (Phi) is 5.15. The number of aromatic amines is 1. The van der Waals surface area contributed by atoms with Crippen molar-refractivity contribution in [2.24, 2.45) is 0 Å². The Morgan fingerprint density at radius 1 is 1.21 bits per heavy atom. The number of anilines is 1. The first kappa shape index (κ1) is 18.5. The fraction of sp³-hybridized carbons (Fsp3) is 0.190. The molecule has 1 unspecified atom stereocenters. The average molecular weight is 387 g/mol. The van der Waals surface area contributed by atoms with Crippen molar-refractivity contribution in [3.8, 4) is 11.3 Å². The Labute approximate surface area is 168 Å². The minimum absolute atomic E-state index is 0.0787. The molecule has 0 aliphatic rings. The number of aromatic nitrogens is 6. The zero-order valence-electron chi connectivity index (χ0n) is 16.2. The molecule has 0 fully saturated rings. The van der Waals surface area contributed by atoms with Crippen LogP contribution in [-0.2, 0) is 0 Å². The zero-order chi connectivity index (χ0) is 20.2. The molecule has 0 spiro atoms. The number of nitrogens with one attached hydrogen (secondary N) is 2. The molecular formula is C21H21N7O. The summed E-state index contributed by atoms with van der Waals surface area (Å²) in [5.74, 6) is 0.576. The van der Waals surface area contributed by atoms with Gasteiger partial charge in [-0.25, -0.2) is 9.67 Å². The van der Waals surface area contributed by atoms with Gasteiger partial charge < -0.3 is 5.32 Å². The lowest BCUT2D eigenvalue weighted by atomic mass is 10.0. The topological polar surface area (TPSA) is 101 Å². The van der Waals surface area contributed by atoms with Crippen LogP contribution in [0.25, 0.3) is 11.3 Å². The molecule has 2 heterocycles. The van der Waals surface area contributed by atoms with E-state index < -0.39 is 0 Å². The maximum absolute atomic E-state index is 12.8. The highest BCUT2D eigenvalue weighted by molar-refractivity contribution is 6.05. The van der Waals surface area contributed by atoms with Gasteiger partial charge in [-0.3, -0.25) is 9.89 Å². The molecule has 0 aliphatic heterocycles. The first-order valence-corrected chi connectivity index (χ1v) is 9.40. The standard InChI is InChI=1S/C21H21N7O/c1-3-19(20-22-13-23-26-20)28-12-18(25-27-28)15-10-9-14(2)17(11-15)21(29)24-16-7-5-4-6-8-16/h4-13,19H,3H2,1-2H3,(H,24,29)(H,22,23,26). The van der Waals surface area contributed by atoms with Gasteiger partial charge in [0, 0.05) is 16.8 Å². The molecule has 0 radical (unpaired) electrons. The van der Waals surface area contributed by atoms with Crippen LogP contribution in [0.15, 0.2) is 61.1 Å². The number of hydrogen-bond acceptors (Lipinski definition) is 5. The van der Waals surface area contributed by atoms with E-state index in [1.54, 1.807) is 4.68 Å². The predicted octanol–water partition coefficient (Wildman–Crippen LogP) is 3.62. The molecule has 4 aromatic rings. The number of aryl methyl sites for hydroxylation is 1. The summed E-state index contributed by atoms with van der Waals surface area (Å²) in [6, 6.07) is 15.0. The third-order valence-electron chi connectivity index (χ3n) is 4.78. The molecule has 2 aromatic heterocycles. The van der Waals surface area contributed by atoms with Gasteiger partial charge in [0.05, 0.1) is 6.20 Å². The number of nitrogens with zero attached hydrogens (tertiary/aromatic N) is 5. The summed E-state index contributed by atoms with van der Waals surface area (Å²) in [5, 5.41) is 18.3. The van der Waals surface area contributed by atoms with Crippen molar-refractivity contribution in [2.75, 3.05) is 5.32 Å². The summed E-state index contributed by atoms with van der Waals surface area (Å²) in [6.07, 6.45) is 4.13. The smallest absolute Gasteiger partial charge is 0.255 e. The number of carbonyl (C=O) groups is 1. The minimum Gasteiger partial charge on any atom is -0.322 e. The van der Waals surface area contributed by atoms with Gasteiger partial charge in [0.1, 0.15) is 23.9 Å². The van der Waals surface area contributed by atoms with Crippen molar-refractivity contribution < 1.29 is 4.79 Å². The van der Waals surface area contributed by atoms with E-state index in [2.05, 4.69) is 30.8 Å². The van der Waals surface area contributed by atoms with E-state index in [1.807, 2.05) is 68.6 Å². The Bertz CT molecular complexity index is 1100. The average Bonchev–Trinajstić information content (AvgIpc) is 3.43. The third-order valence-corrected chi connectivity index (χ3v) is 4.78. The number of benzene rings is 2. The van der Waals surface area contributed by atoms with Gasteiger partial charge >= 0.3 is 0 Å². The maximum atomic E-state index is 12.8. The monoisotopic (exact) mass is 387 g/mol. The van der Waals surface area contributed by atoms with Gasteiger partial charge in [0.2, 0.25) is 0 Å². The van der Waals surface area contributed by atoms with Crippen LogP contribution in [0.2, 0.25) is 0 Å². The molecule has 0 aliphatic carbocycles. The molecule has 1 amide bonds. The quantitative estimate of drug-likeness (QED) is 0.526. The second kappa shape index (κ2) is 8.05. The number of hydrogen-bond donors (Lipinski definition) is 2. The Morgan fingerprint density at radius 3 is 2.76 bits per heavy atom. The van der Waals surface area contributed by atoms with Gasteiger partial charge in [-0.15, -0.1) is 5.10 Å². The molecule has 29 heavy (non-hydrogen) atoms. The molecule has 0 bridgehead atoms. The Morgan fingerprint density at radius 2 is 2.03 bits per heavy atom. The SMILES string of the molecule is CCC(c1ncn[nH]1)n1cc(-c2ccc(C)c(C(=O)Nc3ccccc3)c2)nn1. The molecule has 2 N–H and O–H groups in total. The summed E-state index contributed by atoms with van der Waals surface area (Å²) in [6.45, 7) is 3.96. The highest BCUT2D eigenvalue weighted by Gasteiger charge is 2.18. The molecule has 1 atom stereocenters. The lowest BCUT2D eigenvalue weighted by molar-refractivity contribution is 0.102. The van der Waals surface area contributed by atoms with Crippen LogP contribution < -0.4 is 5.32 Å². The molecule has 0 saturated carbocycles. The van der Waals surface area contributed by atoms with E-state index in [0.29, 0.717) is 11.3 Å². The van der Waals surface area contributed by atoms with Crippen LogP contribution in [0, 0.1) is 6.92 Å². The number of H-pyrrole nitrogens is 1. The Balaban J connectivity index is 1.61. The molecular weight excluding hydrogens is 366 g/mol. The van der Waals surface area contributed by atoms with E-state index in [0.717, 1.165) is 29.1 Å². The van der Waals surface area contributed by atoms with Crippen molar-refractivity contribution in [2.45, 2.75) is 26.3 Å². The molecule has 8 nitrogen and oxygen atoms in total. The zero-order valence-corrected chi connectivity index (χ0v) is 16.2. The van der Waals surface area contributed by atoms with E-state index in [4.69, 9.17) is 0 Å². The lowest BCUT2D eigenvalue weighted by Crippen LogP contribution is -2.13. The minimum atomic E-state index is -0.156. The Hall–Kier alpha value is -3.81. The second-order valence-corrected chi connectivity index (χ2v) is 6.73. The summed E-state index contributed by atoms with van der Waals surface area (Å²) >= 11 is 0. The molecule has 8 heteroatoms. The van der Waals surface area contributed by atoms with Crippen LogP contribution in [0.3, 0.4) is 0 Å². The predicted molar refractivity (Wildman–Crippen MR) is 109 cm³/mol. The van der Waals surface area contributed by atoms with Crippen molar-refractivity contribution in [3.63, 3.8) is 0 Å². The first-order valence-electron chi connectivity index (χ1n) is 9.40. The van der Waals surface area contributed by atoms with E-state index in [-0.39, 0.29) is 11.9 Å². The van der Waals surface area contributed by atoms with Crippen molar-refractivity contribution >= 4 is 11.6 Å². The molecule has 4 rings (SSSR count). The lowest BCUT2D eigenvalue weighted by Gasteiger charge is -2.11. The van der Waals surface area contributed by atoms with E-state index in [9.17, 15) is 4.79 Å². The van der Waals surface area contributed by atoms with Crippen LogP contribution >= 0.6 is 0 Å². The number of rotatable bonds is 6. The number of para-hydroxylation sites is 1. The maximum Gasteiger partial charge on any atom is 0.255 e. The van der Waals surface area contributed by atoms with Gasteiger partial charge in [0.25, 0.3) is 5.91 Å². The van der Waals surface area contributed by atoms with Crippen LogP contribution in [0.1, 0.15) is 41.1 Å². The molecule has 2 aromatic carbocycles. The highest BCUT2D eigenvalue weighted by atomic mass is 16.1. The van der Waals surface area contributed by atoms with Crippen LogP contribution in [0.5, 0.6) is 0 Å². The molecule has 146 valence electrons. The third kappa shape index (κ3) is 3.91. The fourth-order valence-corrected chi connectivity index (χ4v) is 3.19. The van der Waals surface area contributed by atoms with Gasteiger partial charge in [0.15, 0.2) is 0 Å². The fourth-order valence-electron chi connectivity index (χ4n) is 3.19. The van der Waals surface area contributed by atoms with Crippen molar-refractivity contribution in [1.82, 2.24) is 30.2 Å². The summed E-state index contributed by atoms with van der Waals surface area (Å²) in [5.41, 5.74) is 3.76. The van der Waals surface area contributed by atoms with Gasteiger partial charge in [-0.2, -0.15) is 5.10 Å². The first-order chi connectivity index (χ1) is 14.2. The normalized spacial score (nSPS) is 11.9. The van der Waals surface area contributed by atoms with Crippen molar-refractivity contribution in [1.29, 1.82) is 0 Å².